The maximum absolute atomic E-state index is 12.2. The lowest BCUT2D eigenvalue weighted by Gasteiger charge is -2.42. The summed E-state index contributed by atoms with van der Waals surface area (Å²) in [6.45, 7) is 0.801. The Morgan fingerprint density at radius 2 is 2.00 bits per heavy atom. The third-order valence-corrected chi connectivity index (χ3v) is 5.81. The van der Waals surface area contributed by atoms with Crippen molar-refractivity contribution in [2.45, 2.75) is 56.8 Å². The first kappa shape index (κ1) is 15.1. The molecule has 1 aromatic carbocycles. The minimum Gasteiger partial charge on any atom is -0.355 e. The van der Waals surface area contributed by atoms with Crippen molar-refractivity contribution in [2.24, 2.45) is 5.92 Å². The lowest BCUT2D eigenvalue weighted by Crippen LogP contribution is -2.45. The zero-order valence-electron chi connectivity index (χ0n) is 12.5. The first-order valence-electron chi connectivity index (χ1n) is 8.21. The molecule has 1 N–H and O–H groups in total. The Kier molecular flexibility index (Phi) is 4.68. The Bertz CT molecular complexity index is 504. The van der Waals surface area contributed by atoms with Gasteiger partial charge in [0, 0.05) is 22.9 Å². The van der Waals surface area contributed by atoms with Gasteiger partial charge < -0.3 is 5.32 Å². The Balaban J connectivity index is 1.58. The molecule has 0 spiro atoms. The van der Waals surface area contributed by atoms with Crippen molar-refractivity contribution in [3.8, 4) is 0 Å². The maximum atomic E-state index is 12.2. The van der Waals surface area contributed by atoms with Crippen LogP contribution in [0.3, 0.4) is 0 Å². The van der Waals surface area contributed by atoms with E-state index in [1.807, 2.05) is 0 Å². The summed E-state index contributed by atoms with van der Waals surface area (Å²) in [5.41, 5.74) is 1.54. The van der Waals surface area contributed by atoms with Crippen LogP contribution in [0.15, 0.2) is 28.7 Å². The maximum Gasteiger partial charge on any atom is 0.220 e. The first-order chi connectivity index (χ1) is 10.2. The van der Waals surface area contributed by atoms with E-state index in [4.69, 9.17) is 0 Å². The molecule has 1 amide bonds. The molecule has 2 saturated carbocycles. The Morgan fingerprint density at radius 1 is 1.24 bits per heavy atom. The van der Waals surface area contributed by atoms with Crippen LogP contribution in [-0.2, 0) is 10.2 Å². The zero-order chi connectivity index (χ0) is 14.7. The van der Waals surface area contributed by atoms with Crippen molar-refractivity contribution < 1.29 is 4.79 Å². The van der Waals surface area contributed by atoms with Crippen molar-refractivity contribution in [3.63, 3.8) is 0 Å². The summed E-state index contributed by atoms with van der Waals surface area (Å²) in [5, 5.41) is 3.22. The molecule has 0 atom stereocenters. The number of benzene rings is 1. The monoisotopic (exact) mass is 349 g/mol. The van der Waals surface area contributed by atoms with E-state index in [2.05, 4.69) is 45.5 Å². The molecule has 2 aliphatic carbocycles. The SMILES string of the molecule is O=C(CC1CCCC1)NCC1(c2cccc(Br)c2)CCC1. The van der Waals surface area contributed by atoms with Crippen LogP contribution >= 0.6 is 15.9 Å². The highest BCUT2D eigenvalue weighted by molar-refractivity contribution is 9.10. The lowest BCUT2D eigenvalue weighted by molar-refractivity contribution is -0.122. The Labute approximate surface area is 135 Å². The topological polar surface area (TPSA) is 29.1 Å². The lowest BCUT2D eigenvalue weighted by atomic mass is 9.64. The highest BCUT2D eigenvalue weighted by Gasteiger charge is 2.39. The van der Waals surface area contributed by atoms with Gasteiger partial charge in [-0.25, -0.2) is 0 Å². The minimum atomic E-state index is 0.176. The normalized spacial score (nSPS) is 21.0. The van der Waals surface area contributed by atoms with Gasteiger partial charge in [-0.2, -0.15) is 0 Å². The number of halogens is 1. The number of carbonyl (C=O) groups excluding carboxylic acids is 1. The second kappa shape index (κ2) is 6.51. The smallest absolute Gasteiger partial charge is 0.220 e. The van der Waals surface area contributed by atoms with Crippen LogP contribution in [0, 0.1) is 5.92 Å². The number of rotatable bonds is 5. The fourth-order valence-corrected chi connectivity index (χ4v) is 4.21. The van der Waals surface area contributed by atoms with Crippen LogP contribution in [0.5, 0.6) is 0 Å². The van der Waals surface area contributed by atoms with Crippen LogP contribution in [0.1, 0.15) is 56.9 Å². The van der Waals surface area contributed by atoms with E-state index in [0.717, 1.165) is 17.4 Å². The van der Waals surface area contributed by atoms with Gasteiger partial charge in [0.1, 0.15) is 0 Å². The van der Waals surface area contributed by atoms with Gasteiger partial charge in [0.2, 0.25) is 5.91 Å². The van der Waals surface area contributed by atoms with Crippen LogP contribution in [0.2, 0.25) is 0 Å². The largest absolute Gasteiger partial charge is 0.355 e. The molecule has 0 aliphatic heterocycles. The van der Waals surface area contributed by atoms with Crippen molar-refractivity contribution in [2.75, 3.05) is 6.54 Å². The number of amides is 1. The average Bonchev–Trinajstić information content (AvgIpc) is 2.90. The van der Waals surface area contributed by atoms with Gasteiger partial charge in [-0.15, -0.1) is 0 Å². The molecule has 3 heteroatoms. The molecule has 0 heterocycles. The molecule has 3 rings (SSSR count). The molecular formula is C18H24BrNO. The summed E-state index contributed by atoms with van der Waals surface area (Å²) in [4.78, 5) is 12.2. The molecule has 21 heavy (non-hydrogen) atoms. The summed E-state index contributed by atoms with van der Waals surface area (Å²) in [6.07, 6.45) is 9.47. The highest BCUT2D eigenvalue weighted by atomic mass is 79.9. The second-order valence-corrected chi connectivity index (χ2v) is 7.69. The van der Waals surface area contributed by atoms with Gasteiger partial charge in [-0.1, -0.05) is 47.3 Å². The van der Waals surface area contributed by atoms with E-state index < -0.39 is 0 Å². The van der Waals surface area contributed by atoms with Crippen LogP contribution in [0.4, 0.5) is 0 Å². The van der Waals surface area contributed by atoms with Crippen LogP contribution in [0.25, 0.3) is 0 Å². The van der Waals surface area contributed by atoms with Gasteiger partial charge in [-0.3, -0.25) is 4.79 Å². The molecule has 114 valence electrons. The predicted octanol–water partition coefficient (Wildman–Crippen LogP) is 4.57. The van der Waals surface area contributed by atoms with E-state index in [-0.39, 0.29) is 11.3 Å². The summed E-state index contributed by atoms with van der Waals surface area (Å²) in [7, 11) is 0. The molecule has 0 aromatic heterocycles. The van der Waals surface area contributed by atoms with E-state index in [1.54, 1.807) is 0 Å². The quantitative estimate of drug-likeness (QED) is 0.828. The molecule has 2 fully saturated rings. The molecule has 2 nitrogen and oxygen atoms in total. The summed E-state index contributed by atoms with van der Waals surface area (Å²) in [6, 6.07) is 8.57. The predicted molar refractivity (Wildman–Crippen MR) is 89.3 cm³/mol. The molecular weight excluding hydrogens is 326 g/mol. The van der Waals surface area contributed by atoms with Gasteiger partial charge in [0.25, 0.3) is 0 Å². The Hall–Kier alpha value is -0.830. The number of carbonyl (C=O) groups is 1. The number of nitrogens with one attached hydrogen (secondary N) is 1. The van der Waals surface area contributed by atoms with Crippen LogP contribution < -0.4 is 5.32 Å². The molecule has 0 saturated heterocycles. The molecule has 0 unspecified atom stereocenters. The van der Waals surface area contributed by atoms with Crippen molar-refractivity contribution >= 4 is 21.8 Å². The third-order valence-electron chi connectivity index (χ3n) is 5.32. The van der Waals surface area contributed by atoms with E-state index in [0.29, 0.717) is 5.92 Å². The summed E-state index contributed by atoms with van der Waals surface area (Å²) >= 11 is 3.56. The fourth-order valence-electron chi connectivity index (χ4n) is 3.81. The summed E-state index contributed by atoms with van der Waals surface area (Å²) < 4.78 is 1.13. The van der Waals surface area contributed by atoms with E-state index >= 15 is 0 Å². The van der Waals surface area contributed by atoms with Crippen molar-refractivity contribution in [1.82, 2.24) is 5.32 Å². The molecule has 0 radical (unpaired) electrons. The van der Waals surface area contributed by atoms with Gasteiger partial charge in [0.05, 0.1) is 0 Å². The van der Waals surface area contributed by atoms with Gasteiger partial charge >= 0.3 is 0 Å². The zero-order valence-corrected chi connectivity index (χ0v) is 14.1. The average molecular weight is 350 g/mol. The van der Waals surface area contributed by atoms with E-state index in [9.17, 15) is 4.79 Å². The molecule has 1 aromatic rings. The van der Waals surface area contributed by atoms with Gasteiger partial charge in [0.15, 0.2) is 0 Å². The highest BCUT2D eigenvalue weighted by Crippen LogP contribution is 2.43. The van der Waals surface area contributed by atoms with E-state index in [1.165, 1.54) is 50.5 Å². The fraction of sp³-hybridized carbons (Fsp3) is 0.611. The minimum absolute atomic E-state index is 0.176. The number of hydrogen-bond acceptors (Lipinski definition) is 1. The summed E-state index contributed by atoms with van der Waals surface area (Å²) in [5.74, 6) is 0.886. The Morgan fingerprint density at radius 3 is 2.62 bits per heavy atom. The standard InChI is InChI=1S/C18H24BrNO/c19-16-8-3-7-15(12-16)18(9-4-10-18)13-20-17(21)11-14-5-1-2-6-14/h3,7-8,12,14H,1-2,4-6,9-11,13H2,(H,20,21). The van der Waals surface area contributed by atoms with Crippen LogP contribution in [-0.4, -0.2) is 12.5 Å². The third kappa shape index (κ3) is 3.50. The number of hydrogen-bond donors (Lipinski definition) is 1. The molecule has 0 bridgehead atoms. The van der Waals surface area contributed by atoms with Gasteiger partial charge in [-0.05, 0) is 49.3 Å². The molecule has 2 aliphatic rings. The van der Waals surface area contributed by atoms with Crippen molar-refractivity contribution in [1.29, 1.82) is 0 Å². The first-order valence-corrected chi connectivity index (χ1v) is 9.00. The second-order valence-electron chi connectivity index (χ2n) is 6.78. The van der Waals surface area contributed by atoms with Crippen molar-refractivity contribution in [3.05, 3.63) is 34.3 Å².